The van der Waals surface area contributed by atoms with E-state index in [0.29, 0.717) is 17.3 Å². The van der Waals surface area contributed by atoms with Gasteiger partial charge in [-0.1, -0.05) is 53.0 Å². The Kier molecular flexibility index (Phi) is 5.31. The van der Waals surface area contributed by atoms with Crippen molar-refractivity contribution in [2.24, 2.45) is 0 Å². The summed E-state index contributed by atoms with van der Waals surface area (Å²) in [5, 5.41) is 9.08. The fraction of sp³-hybridized carbons (Fsp3) is 0.100. The van der Waals surface area contributed by atoms with Crippen LogP contribution in [0.4, 0.5) is 5.69 Å². The van der Waals surface area contributed by atoms with E-state index in [2.05, 4.69) is 27.5 Å². The molecule has 5 nitrogen and oxygen atoms in total. The van der Waals surface area contributed by atoms with Crippen LogP contribution in [0, 0.1) is 0 Å². The Hall–Kier alpha value is -2.47. The van der Waals surface area contributed by atoms with Gasteiger partial charge in [-0.3, -0.25) is 4.79 Å². The van der Waals surface area contributed by atoms with Crippen molar-refractivity contribution in [2.75, 3.05) is 11.9 Å². The van der Waals surface area contributed by atoms with E-state index < -0.39 is 5.56 Å². The van der Waals surface area contributed by atoms with Gasteiger partial charge in [0.2, 0.25) is 0 Å². The minimum absolute atomic E-state index is 0.0753. The molecule has 2 aromatic heterocycles. The molecule has 0 aliphatic rings. The molecule has 0 radical (unpaired) electrons. The average Bonchev–Trinajstić information content (AvgIpc) is 3.11. The zero-order chi connectivity index (χ0) is 19.7. The molecule has 4 aromatic rings. The van der Waals surface area contributed by atoms with Gasteiger partial charge in [-0.2, -0.15) is 9.78 Å². The summed E-state index contributed by atoms with van der Waals surface area (Å²) in [7, 11) is 0. The molecule has 0 bridgehead atoms. The Morgan fingerprint density at radius 1 is 1.07 bits per heavy atom. The lowest BCUT2D eigenvalue weighted by Crippen LogP contribution is -2.21. The Morgan fingerprint density at radius 2 is 1.89 bits per heavy atom. The van der Waals surface area contributed by atoms with Crippen molar-refractivity contribution >= 4 is 51.4 Å². The van der Waals surface area contributed by atoms with Crippen LogP contribution in [0.25, 0.3) is 16.6 Å². The van der Waals surface area contributed by atoms with Gasteiger partial charge in [-0.15, -0.1) is 0 Å². The van der Waals surface area contributed by atoms with Gasteiger partial charge in [0.15, 0.2) is 0 Å². The molecular weight excluding hydrogens is 419 g/mol. The van der Waals surface area contributed by atoms with E-state index in [1.54, 1.807) is 12.1 Å². The monoisotopic (exact) mass is 432 g/mol. The molecule has 0 saturated carbocycles. The highest BCUT2D eigenvalue weighted by Crippen LogP contribution is 2.25. The molecule has 0 aliphatic carbocycles. The number of H-pyrrole nitrogens is 1. The highest BCUT2D eigenvalue weighted by molar-refractivity contribution is 6.41. The molecule has 0 saturated heterocycles. The molecule has 142 valence electrons. The van der Waals surface area contributed by atoms with Crippen molar-refractivity contribution in [1.29, 1.82) is 0 Å². The van der Waals surface area contributed by atoms with Crippen molar-refractivity contribution in [1.82, 2.24) is 14.8 Å². The molecule has 2 heterocycles. The van der Waals surface area contributed by atoms with E-state index in [1.807, 2.05) is 24.4 Å². The van der Waals surface area contributed by atoms with Crippen LogP contribution < -0.4 is 10.9 Å². The van der Waals surface area contributed by atoms with Crippen LogP contribution in [0.1, 0.15) is 5.56 Å². The maximum atomic E-state index is 12.2. The predicted molar refractivity (Wildman–Crippen MR) is 115 cm³/mol. The van der Waals surface area contributed by atoms with Gasteiger partial charge in [0.1, 0.15) is 5.02 Å². The van der Waals surface area contributed by atoms with Gasteiger partial charge in [-0.05, 0) is 36.2 Å². The molecule has 0 fully saturated rings. The van der Waals surface area contributed by atoms with Crippen LogP contribution in [-0.2, 0) is 6.42 Å². The number of para-hydroxylation sites is 1. The third-order valence-corrected chi connectivity index (χ3v) is 5.52. The SMILES string of the molecule is O=c1c(Cl)c(Cl)cnn1-c1ccc(NCCc2c[nH]c3ccccc23)c(Cl)c1. The van der Waals surface area contributed by atoms with Crippen molar-refractivity contribution in [3.05, 3.63) is 85.8 Å². The third kappa shape index (κ3) is 3.61. The predicted octanol–water partition coefficient (Wildman–Crippen LogP) is 5.33. The number of fused-ring (bicyclic) bond motifs is 1. The summed E-state index contributed by atoms with van der Waals surface area (Å²) in [6.45, 7) is 0.714. The number of anilines is 1. The molecule has 28 heavy (non-hydrogen) atoms. The summed E-state index contributed by atoms with van der Waals surface area (Å²) < 4.78 is 1.16. The summed E-state index contributed by atoms with van der Waals surface area (Å²) in [6.07, 6.45) is 4.20. The normalized spacial score (nSPS) is 11.1. The van der Waals surface area contributed by atoms with Crippen LogP contribution in [0.15, 0.2) is 59.7 Å². The minimum Gasteiger partial charge on any atom is -0.384 e. The van der Waals surface area contributed by atoms with Crippen molar-refractivity contribution in [3.63, 3.8) is 0 Å². The molecule has 2 N–H and O–H groups in total. The quantitative estimate of drug-likeness (QED) is 0.447. The summed E-state index contributed by atoms with van der Waals surface area (Å²) >= 11 is 18.1. The molecule has 0 aliphatic heterocycles. The first-order chi connectivity index (χ1) is 13.5. The second kappa shape index (κ2) is 7.87. The maximum absolute atomic E-state index is 12.2. The summed E-state index contributed by atoms with van der Waals surface area (Å²) in [6, 6.07) is 13.4. The van der Waals surface area contributed by atoms with Crippen molar-refractivity contribution < 1.29 is 0 Å². The summed E-state index contributed by atoms with van der Waals surface area (Å²) in [5.74, 6) is 0. The third-order valence-electron chi connectivity index (χ3n) is 4.46. The van der Waals surface area contributed by atoms with E-state index in [-0.39, 0.29) is 10.0 Å². The lowest BCUT2D eigenvalue weighted by molar-refractivity contribution is 0.807. The van der Waals surface area contributed by atoms with Crippen LogP contribution in [0.2, 0.25) is 15.1 Å². The highest BCUT2D eigenvalue weighted by atomic mass is 35.5. The topological polar surface area (TPSA) is 62.7 Å². The first kappa shape index (κ1) is 18.9. The maximum Gasteiger partial charge on any atom is 0.291 e. The molecule has 8 heteroatoms. The van der Waals surface area contributed by atoms with E-state index in [1.165, 1.54) is 17.1 Å². The number of aromatic amines is 1. The molecule has 0 unspecified atom stereocenters. The fourth-order valence-corrected chi connectivity index (χ4v) is 3.54. The molecule has 2 aromatic carbocycles. The van der Waals surface area contributed by atoms with Gasteiger partial charge in [0.25, 0.3) is 5.56 Å². The standard InChI is InChI=1S/C20H15Cl3N4O/c21-15-9-13(27-20(28)19(23)16(22)11-26-27)5-6-18(15)24-8-7-12-10-25-17-4-2-1-3-14(12)17/h1-6,9-11,24-25H,7-8H2. The van der Waals surface area contributed by atoms with Crippen molar-refractivity contribution in [3.8, 4) is 5.69 Å². The molecule has 0 atom stereocenters. The number of halogens is 3. The van der Waals surface area contributed by atoms with E-state index in [4.69, 9.17) is 34.8 Å². The zero-order valence-corrected chi connectivity index (χ0v) is 16.8. The van der Waals surface area contributed by atoms with Crippen LogP contribution in [0.3, 0.4) is 0 Å². The van der Waals surface area contributed by atoms with Gasteiger partial charge in [0.05, 0.1) is 27.6 Å². The first-order valence-corrected chi connectivity index (χ1v) is 9.70. The number of aromatic nitrogens is 3. The Bertz CT molecular complexity index is 1220. The lowest BCUT2D eigenvalue weighted by Gasteiger charge is -2.11. The molecular formula is C20H15Cl3N4O. The van der Waals surface area contributed by atoms with Gasteiger partial charge in [0, 0.05) is 23.6 Å². The number of nitrogens with zero attached hydrogens (tertiary/aromatic N) is 2. The first-order valence-electron chi connectivity index (χ1n) is 8.56. The number of hydrogen-bond donors (Lipinski definition) is 2. The number of benzene rings is 2. The Morgan fingerprint density at radius 3 is 2.71 bits per heavy atom. The largest absolute Gasteiger partial charge is 0.384 e. The van der Waals surface area contributed by atoms with Gasteiger partial charge < -0.3 is 10.3 Å². The summed E-state index contributed by atoms with van der Waals surface area (Å²) in [5.41, 5.74) is 3.15. The molecule has 4 rings (SSSR count). The van der Waals surface area contributed by atoms with Crippen LogP contribution >= 0.6 is 34.8 Å². The van der Waals surface area contributed by atoms with Gasteiger partial charge in [-0.25, -0.2) is 0 Å². The highest BCUT2D eigenvalue weighted by Gasteiger charge is 2.11. The van der Waals surface area contributed by atoms with Crippen molar-refractivity contribution in [2.45, 2.75) is 6.42 Å². The fourth-order valence-electron chi connectivity index (χ4n) is 3.05. The van der Waals surface area contributed by atoms with E-state index >= 15 is 0 Å². The molecule has 0 spiro atoms. The van der Waals surface area contributed by atoms with E-state index in [9.17, 15) is 4.79 Å². The second-order valence-corrected chi connectivity index (χ2v) is 7.42. The molecule has 0 amide bonds. The van der Waals surface area contributed by atoms with Crippen LogP contribution in [0.5, 0.6) is 0 Å². The smallest absolute Gasteiger partial charge is 0.291 e. The zero-order valence-electron chi connectivity index (χ0n) is 14.5. The average molecular weight is 434 g/mol. The van der Waals surface area contributed by atoms with Crippen LogP contribution in [-0.4, -0.2) is 21.3 Å². The number of hydrogen-bond acceptors (Lipinski definition) is 3. The Labute approximate surface area is 175 Å². The second-order valence-electron chi connectivity index (χ2n) is 6.22. The summed E-state index contributed by atoms with van der Waals surface area (Å²) in [4.78, 5) is 15.5. The Balaban J connectivity index is 1.49. The number of nitrogens with one attached hydrogen (secondary N) is 2. The number of rotatable bonds is 5. The van der Waals surface area contributed by atoms with E-state index in [0.717, 1.165) is 22.3 Å². The van der Waals surface area contributed by atoms with Gasteiger partial charge >= 0.3 is 0 Å². The minimum atomic E-state index is -0.495. The lowest BCUT2D eigenvalue weighted by atomic mass is 10.1.